The van der Waals surface area contributed by atoms with Crippen molar-refractivity contribution < 1.29 is 10.2 Å². The van der Waals surface area contributed by atoms with Crippen LogP contribution in [-0.2, 0) is 0 Å². The molecule has 1 rings (SSSR count). The standard InChI is InChI=1S/C13H19Cl2NO2/c1-2-10(17)5-6-16-8-13(18)11-7-9(14)3-4-12(11)15/h3-4,7,10,13,16-18H,2,5-6,8H2,1H3. The molecule has 102 valence electrons. The summed E-state index contributed by atoms with van der Waals surface area (Å²) in [5.41, 5.74) is 0.618. The van der Waals surface area contributed by atoms with Crippen LogP contribution >= 0.6 is 23.2 Å². The molecule has 5 heteroatoms. The highest BCUT2D eigenvalue weighted by atomic mass is 35.5. The van der Waals surface area contributed by atoms with Crippen LogP contribution in [0, 0.1) is 0 Å². The lowest BCUT2D eigenvalue weighted by atomic mass is 10.1. The van der Waals surface area contributed by atoms with Gasteiger partial charge in [0, 0.05) is 22.2 Å². The molecule has 0 aliphatic rings. The van der Waals surface area contributed by atoms with Crippen molar-refractivity contribution in [1.29, 1.82) is 0 Å². The van der Waals surface area contributed by atoms with Gasteiger partial charge in [0.05, 0.1) is 12.2 Å². The number of aliphatic hydroxyl groups excluding tert-OH is 2. The number of hydrogen-bond acceptors (Lipinski definition) is 3. The average molecular weight is 292 g/mol. The van der Waals surface area contributed by atoms with Gasteiger partial charge in [0.2, 0.25) is 0 Å². The molecule has 0 aliphatic heterocycles. The topological polar surface area (TPSA) is 52.5 Å². The van der Waals surface area contributed by atoms with Crippen molar-refractivity contribution in [2.24, 2.45) is 0 Å². The first kappa shape index (κ1) is 15.7. The molecule has 0 saturated heterocycles. The van der Waals surface area contributed by atoms with E-state index in [2.05, 4.69) is 5.32 Å². The van der Waals surface area contributed by atoms with E-state index in [1.54, 1.807) is 18.2 Å². The number of halogens is 2. The van der Waals surface area contributed by atoms with E-state index in [4.69, 9.17) is 23.2 Å². The molecule has 0 heterocycles. The summed E-state index contributed by atoms with van der Waals surface area (Å²) in [6, 6.07) is 5.02. The monoisotopic (exact) mass is 291 g/mol. The summed E-state index contributed by atoms with van der Waals surface area (Å²) in [6.07, 6.45) is 0.427. The van der Waals surface area contributed by atoms with Crippen molar-refractivity contribution in [3.05, 3.63) is 33.8 Å². The van der Waals surface area contributed by atoms with Crippen LogP contribution in [0.3, 0.4) is 0 Å². The lowest BCUT2D eigenvalue weighted by Gasteiger charge is -2.15. The molecule has 2 unspecified atom stereocenters. The summed E-state index contributed by atoms with van der Waals surface area (Å²) in [6.45, 7) is 2.98. The zero-order valence-electron chi connectivity index (χ0n) is 10.4. The normalized spacial score (nSPS) is 14.5. The largest absolute Gasteiger partial charge is 0.393 e. The number of aliphatic hydroxyl groups is 2. The van der Waals surface area contributed by atoms with Crippen LogP contribution in [0.5, 0.6) is 0 Å². The molecular formula is C13H19Cl2NO2. The van der Waals surface area contributed by atoms with Gasteiger partial charge in [-0.25, -0.2) is 0 Å². The fourth-order valence-electron chi connectivity index (χ4n) is 1.59. The Hall–Kier alpha value is -0.320. The van der Waals surface area contributed by atoms with Crippen LogP contribution in [0.4, 0.5) is 0 Å². The first-order valence-corrected chi connectivity index (χ1v) is 6.82. The molecule has 0 radical (unpaired) electrons. The maximum absolute atomic E-state index is 9.98. The van der Waals surface area contributed by atoms with Gasteiger partial charge in [0.15, 0.2) is 0 Å². The Morgan fingerprint density at radius 3 is 2.67 bits per heavy atom. The SMILES string of the molecule is CCC(O)CCNCC(O)c1cc(Cl)ccc1Cl. The van der Waals surface area contributed by atoms with Gasteiger partial charge in [-0.15, -0.1) is 0 Å². The van der Waals surface area contributed by atoms with Crippen molar-refractivity contribution >= 4 is 23.2 Å². The molecular weight excluding hydrogens is 273 g/mol. The van der Waals surface area contributed by atoms with E-state index in [0.717, 1.165) is 6.42 Å². The molecule has 1 aromatic carbocycles. The number of nitrogens with one attached hydrogen (secondary N) is 1. The minimum atomic E-state index is -0.699. The molecule has 0 aromatic heterocycles. The van der Waals surface area contributed by atoms with Crippen molar-refractivity contribution in [2.75, 3.05) is 13.1 Å². The molecule has 2 atom stereocenters. The number of rotatable bonds is 7. The third kappa shape index (κ3) is 5.12. The number of hydrogen-bond donors (Lipinski definition) is 3. The van der Waals surface area contributed by atoms with E-state index >= 15 is 0 Å². The third-order valence-corrected chi connectivity index (χ3v) is 3.36. The molecule has 18 heavy (non-hydrogen) atoms. The summed E-state index contributed by atoms with van der Waals surface area (Å²) < 4.78 is 0. The van der Waals surface area contributed by atoms with Gasteiger partial charge in [-0.2, -0.15) is 0 Å². The summed E-state index contributed by atoms with van der Waals surface area (Å²) >= 11 is 11.8. The van der Waals surface area contributed by atoms with Crippen molar-refractivity contribution in [3.8, 4) is 0 Å². The first-order chi connectivity index (χ1) is 8.54. The van der Waals surface area contributed by atoms with Gasteiger partial charge in [-0.05, 0) is 37.6 Å². The average Bonchev–Trinajstić information content (AvgIpc) is 2.36. The molecule has 0 aliphatic carbocycles. The van der Waals surface area contributed by atoms with Crippen LogP contribution in [0.2, 0.25) is 10.0 Å². The molecule has 3 nitrogen and oxygen atoms in total. The van der Waals surface area contributed by atoms with Crippen LogP contribution in [0.15, 0.2) is 18.2 Å². The zero-order chi connectivity index (χ0) is 13.5. The predicted octanol–water partition coefficient (Wildman–Crippen LogP) is 2.78. The molecule has 0 fully saturated rings. The Bertz CT molecular complexity index is 374. The van der Waals surface area contributed by atoms with Gasteiger partial charge < -0.3 is 15.5 Å². The minimum absolute atomic E-state index is 0.288. The smallest absolute Gasteiger partial charge is 0.0929 e. The fourth-order valence-corrected chi connectivity index (χ4v) is 2.02. The Morgan fingerprint density at radius 2 is 2.00 bits per heavy atom. The lowest BCUT2D eigenvalue weighted by Crippen LogP contribution is -2.25. The summed E-state index contributed by atoms with van der Waals surface area (Å²) in [7, 11) is 0. The van der Waals surface area contributed by atoms with Crippen LogP contribution in [0.25, 0.3) is 0 Å². The molecule has 0 amide bonds. The fraction of sp³-hybridized carbons (Fsp3) is 0.538. The molecule has 3 N–H and O–H groups in total. The quantitative estimate of drug-likeness (QED) is 0.677. The Kier molecular flexibility index (Phi) is 6.97. The van der Waals surface area contributed by atoms with E-state index in [1.165, 1.54) is 0 Å². The molecule has 0 bridgehead atoms. The van der Waals surface area contributed by atoms with Crippen LogP contribution in [0.1, 0.15) is 31.4 Å². The first-order valence-electron chi connectivity index (χ1n) is 6.06. The summed E-state index contributed by atoms with van der Waals surface area (Å²) in [5, 5.41) is 23.5. The van der Waals surface area contributed by atoms with Crippen molar-refractivity contribution in [3.63, 3.8) is 0 Å². The van der Waals surface area contributed by atoms with E-state index in [9.17, 15) is 10.2 Å². The second-order valence-electron chi connectivity index (χ2n) is 4.24. The van der Waals surface area contributed by atoms with Gasteiger partial charge in [-0.3, -0.25) is 0 Å². The second-order valence-corrected chi connectivity index (χ2v) is 5.08. The maximum Gasteiger partial charge on any atom is 0.0929 e. The van der Waals surface area contributed by atoms with Crippen LogP contribution < -0.4 is 5.32 Å². The predicted molar refractivity (Wildman–Crippen MR) is 75.2 cm³/mol. The molecule has 1 aromatic rings. The Balaban J connectivity index is 2.40. The van der Waals surface area contributed by atoms with Gasteiger partial charge in [0.25, 0.3) is 0 Å². The zero-order valence-corrected chi connectivity index (χ0v) is 11.9. The lowest BCUT2D eigenvalue weighted by molar-refractivity contribution is 0.150. The number of benzene rings is 1. The third-order valence-electron chi connectivity index (χ3n) is 2.78. The summed E-state index contributed by atoms with van der Waals surface area (Å²) in [5.74, 6) is 0. The van der Waals surface area contributed by atoms with E-state index < -0.39 is 6.10 Å². The Labute approximate surface area is 118 Å². The highest BCUT2D eigenvalue weighted by molar-refractivity contribution is 6.33. The highest BCUT2D eigenvalue weighted by Gasteiger charge is 2.12. The molecule has 0 spiro atoms. The maximum atomic E-state index is 9.98. The summed E-state index contributed by atoms with van der Waals surface area (Å²) in [4.78, 5) is 0. The van der Waals surface area contributed by atoms with Crippen molar-refractivity contribution in [2.45, 2.75) is 32.0 Å². The van der Waals surface area contributed by atoms with Crippen molar-refractivity contribution in [1.82, 2.24) is 5.32 Å². The van der Waals surface area contributed by atoms with Gasteiger partial charge in [-0.1, -0.05) is 30.1 Å². The molecule has 0 saturated carbocycles. The second kappa shape index (κ2) is 7.97. The van der Waals surface area contributed by atoms with Gasteiger partial charge in [0.1, 0.15) is 0 Å². The van der Waals surface area contributed by atoms with E-state index in [-0.39, 0.29) is 6.10 Å². The van der Waals surface area contributed by atoms with Crippen LogP contribution in [-0.4, -0.2) is 29.4 Å². The highest BCUT2D eigenvalue weighted by Crippen LogP contribution is 2.25. The Morgan fingerprint density at radius 1 is 1.28 bits per heavy atom. The minimum Gasteiger partial charge on any atom is -0.393 e. The van der Waals surface area contributed by atoms with E-state index in [1.807, 2.05) is 6.92 Å². The van der Waals surface area contributed by atoms with Gasteiger partial charge >= 0.3 is 0 Å². The van der Waals surface area contributed by atoms with E-state index in [0.29, 0.717) is 35.1 Å².